The Morgan fingerprint density at radius 2 is 1.96 bits per heavy atom. The maximum atomic E-state index is 12.7. The lowest BCUT2D eigenvalue weighted by molar-refractivity contribution is 0.101. The number of hydrogen-bond donors (Lipinski definition) is 1. The molecular weight excluding hydrogens is 326 g/mol. The lowest BCUT2D eigenvalue weighted by Crippen LogP contribution is -2.26. The third kappa shape index (κ3) is 2.78. The second-order valence-corrected chi connectivity index (χ2v) is 6.10. The summed E-state index contributed by atoms with van der Waals surface area (Å²) >= 11 is 6.06. The number of hydrogen-bond acceptors (Lipinski definition) is 3. The molecule has 0 spiro atoms. The summed E-state index contributed by atoms with van der Waals surface area (Å²) in [6.45, 7) is 3.70. The molecule has 0 fully saturated rings. The number of rotatable bonds is 2. The van der Waals surface area contributed by atoms with Crippen molar-refractivity contribution in [1.29, 1.82) is 0 Å². The van der Waals surface area contributed by atoms with Crippen LogP contribution in [-0.4, -0.2) is 15.7 Å². The number of amides is 1. The van der Waals surface area contributed by atoms with Gasteiger partial charge in [0.2, 0.25) is 5.43 Å². The molecule has 1 aromatic heterocycles. The van der Waals surface area contributed by atoms with Gasteiger partial charge in [-0.1, -0.05) is 29.3 Å². The van der Waals surface area contributed by atoms with Crippen LogP contribution in [0.5, 0.6) is 0 Å². The van der Waals surface area contributed by atoms with Crippen LogP contribution in [-0.2, 0) is 7.05 Å². The summed E-state index contributed by atoms with van der Waals surface area (Å²) in [6, 6.07) is 10.7. The molecule has 0 saturated heterocycles. The Hall–Kier alpha value is -2.66. The molecule has 0 aliphatic heterocycles. The smallest absolute Gasteiger partial charge is 0.280 e. The molecule has 0 unspecified atom stereocenters. The number of fused-ring (bicyclic) bond motifs is 1. The normalized spacial score (nSPS) is 10.8. The van der Waals surface area contributed by atoms with E-state index in [1.165, 1.54) is 4.68 Å². The first-order valence-corrected chi connectivity index (χ1v) is 7.80. The third-order valence-electron chi connectivity index (χ3n) is 3.94. The maximum Gasteiger partial charge on any atom is 0.280 e. The first-order valence-electron chi connectivity index (χ1n) is 7.42. The predicted molar refractivity (Wildman–Crippen MR) is 95.9 cm³/mol. The van der Waals surface area contributed by atoms with Gasteiger partial charge in [-0.05, 0) is 43.7 Å². The molecule has 0 bridgehead atoms. The van der Waals surface area contributed by atoms with Crippen molar-refractivity contribution in [2.75, 3.05) is 5.32 Å². The largest absolute Gasteiger partial charge is 0.320 e. The standard InChI is InChI=1S/C18H16ClN3O2/c1-10-7-8-15-12(9-10)17(23)16(21-22(15)3)18(24)20-14-6-4-5-13(19)11(14)2/h4-9H,1-3H3,(H,20,24). The first kappa shape index (κ1) is 16.2. The van der Waals surface area contributed by atoms with Crippen molar-refractivity contribution in [1.82, 2.24) is 9.78 Å². The summed E-state index contributed by atoms with van der Waals surface area (Å²) in [7, 11) is 1.71. The van der Waals surface area contributed by atoms with E-state index in [4.69, 9.17) is 11.6 Å². The van der Waals surface area contributed by atoms with Crippen molar-refractivity contribution < 1.29 is 4.79 Å². The lowest BCUT2D eigenvalue weighted by Gasteiger charge is -2.11. The molecule has 6 heteroatoms. The van der Waals surface area contributed by atoms with E-state index in [2.05, 4.69) is 10.4 Å². The van der Waals surface area contributed by atoms with E-state index in [1.54, 1.807) is 38.2 Å². The summed E-state index contributed by atoms with van der Waals surface area (Å²) in [5, 5.41) is 7.87. The number of nitrogens with one attached hydrogen (secondary N) is 1. The fourth-order valence-electron chi connectivity index (χ4n) is 2.56. The van der Waals surface area contributed by atoms with Gasteiger partial charge in [0.25, 0.3) is 5.91 Å². The molecule has 1 heterocycles. The number of benzene rings is 2. The molecule has 0 atom stereocenters. The Bertz CT molecular complexity index is 1020. The van der Waals surface area contributed by atoms with Gasteiger partial charge in [0, 0.05) is 17.8 Å². The topological polar surface area (TPSA) is 64.0 Å². The van der Waals surface area contributed by atoms with Crippen molar-refractivity contribution in [2.45, 2.75) is 13.8 Å². The fraction of sp³-hybridized carbons (Fsp3) is 0.167. The van der Waals surface area contributed by atoms with Crippen LogP contribution in [0.3, 0.4) is 0 Å². The van der Waals surface area contributed by atoms with Crippen molar-refractivity contribution in [3.8, 4) is 0 Å². The van der Waals surface area contributed by atoms with E-state index in [0.717, 1.165) is 11.1 Å². The number of halogens is 1. The van der Waals surface area contributed by atoms with E-state index < -0.39 is 5.91 Å². The number of anilines is 1. The van der Waals surface area contributed by atoms with E-state index in [-0.39, 0.29) is 11.1 Å². The molecule has 1 amide bonds. The quantitative estimate of drug-likeness (QED) is 0.776. The highest BCUT2D eigenvalue weighted by Crippen LogP contribution is 2.23. The number of aryl methyl sites for hydroxylation is 2. The molecule has 122 valence electrons. The van der Waals surface area contributed by atoms with Crippen molar-refractivity contribution >= 4 is 34.1 Å². The number of carbonyl (C=O) groups excluding carboxylic acids is 1. The molecule has 0 saturated carbocycles. The highest BCUT2D eigenvalue weighted by molar-refractivity contribution is 6.31. The summed E-state index contributed by atoms with van der Waals surface area (Å²) in [4.78, 5) is 25.2. The Morgan fingerprint density at radius 3 is 2.71 bits per heavy atom. The second-order valence-electron chi connectivity index (χ2n) is 5.69. The lowest BCUT2D eigenvalue weighted by atomic mass is 10.1. The van der Waals surface area contributed by atoms with Crippen molar-refractivity contribution in [2.24, 2.45) is 7.05 Å². The summed E-state index contributed by atoms with van der Waals surface area (Å²) in [5.41, 5.74) is 2.39. The van der Waals surface area contributed by atoms with Gasteiger partial charge in [0.15, 0.2) is 5.69 Å². The molecule has 2 aromatic carbocycles. The van der Waals surface area contributed by atoms with Gasteiger partial charge in [-0.3, -0.25) is 14.3 Å². The molecule has 1 N–H and O–H groups in total. The average molecular weight is 342 g/mol. The van der Waals surface area contributed by atoms with E-state index in [9.17, 15) is 9.59 Å². The molecule has 0 aliphatic rings. The summed E-state index contributed by atoms with van der Waals surface area (Å²) < 4.78 is 1.54. The molecule has 3 rings (SSSR count). The van der Waals surface area contributed by atoms with Gasteiger partial charge in [-0.2, -0.15) is 5.10 Å². The van der Waals surface area contributed by atoms with Crippen LogP contribution in [0.4, 0.5) is 5.69 Å². The van der Waals surface area contributed by atoms with Crippen LogP contribution in [0.2, 0.25) is 5.02 Å². The molecule has 24 heavy (non-hydrogen) atoms. The van der Waals surface area contributed by atoms with Crippen molar-refractivity contribution in [3.05, 3.63) is 68.5 Å². The van der Waals surface area contributed by atoms with Crippen LogP contribution in [0.25, 0.3) is 10.9 Å². The summed E-state index contributed by atoms with van der Waals surface area (Å²) in [5.74, 6) is -0.552. The SMILES string of the molecule is Cc1ccc2c(c1)c(=O)c(C(=O)Nc1cccc(Cl)c1C)nn2C. The van der Waals surface area contributed by atoms with Crippen LogP contribution in [0, 0.1) is 13.8 Å². The Kier molecular flexibility index (Phi) is 4.11. The van der Waals surface area contributed by atoms with Crippen LogP contribution in [0.15, 0.2) is 41.2 Å². The maximum absolute atomic E-state index is 12.7. The zero-order valence-electron chi connectivity index (χ0n) is 13.6. The predicted octanol–water partition coefficient (Wildman–Crippen LogP) is 3.46. The van der Waals surface area contributed by atoms with Gasteiger partial charge < -0.3 is 5.32 Å². The summed E-state index contributed by atoms with van der Waals surface area (Å²) in [6.07, 6.45) is 0. The van der Waals surface area contributed by atoms with Crippen LogP contribution in [0.1, 0.15) is 21.6 Å². The molecule has 3 aromatic rings. The van der Waals surface area contributed by atoms with Crippen LogP contribution < -0.4 is 10.7 Å². The first-order chi connectivity index (χ1) is 11.4. The van der Waals surface area contributed by atoms with E-state index in [1.807, 2.05) is 19.1 Å². The number of carbonyl (C=O) groups is 1. The minimum Gasteiger partial charge on any atom is -0.320 e. The molecule has 0 aliphatic carbocycles. The zero-order chi connectivity index (χ0) is 17.4. The van der Waals surface area contributed by atoms with Crippen LogP contribution >= 0.6 is 11.6 Å². The number of nitrogens with zero attached hydrogens (tertiary/aromatic N) is 2. The average Bonchev–Trinajstić information content (AvgIpc) is 2.55. The minimum absolute atomic E-state index is 0.144. The Balaban J connectivity index is 2.09. The van der Waals surface area contributed by atoms with E-state index in [0.29, 0.717) is 21.6 Å². The minimum atomic E-state index is -0.552. The Morgan fingerprint density at radius 1 is 1.21 bits per heavy atom. The van der Waals surface area contributed by atoms with Gasteiger partial charge in [-0.25, -0.2) is 0 Å². The molecule has 5 nitrogen and oxygen atoms in total. The van der Waals surface area contributed by atoms with E-state index >= 15 is 0 Å². The van der Waals surface area contributed by atoms with Gasteiger partial charge in [0.05, 0.1) is 10.9 Å². The monoisotopic (exact) mass is 341 g/mol. The van der Waals surface area contributed by atoms with Gasteiger partial charge in [0.1, 0.15) is 0 Å². The van der Waals surface area contributed by atoms with Crippen molar-refractivity contribution in [3.63, 3.8) is 0 Å². The van der Waals surface area contributed by atoms with Gasteiger partial charge in [-0.15, -0.1) is 0 Å². The fourth-order valence-corrected chi connectivity index (χ4v) is 2.74. The highest BCUT2D eigenvalue weighted by Gasteiger charge is 2.17. The number of aromatic nitrogens is 2. The third-order valence-corrected chi connectivity index (χ3v) is 4.35. The van der Waals surface area contributed by atoms with Gasteiger partial charge >= 0.3 is 0 Å². The zero-order valence-corrected chi connectivity index (χ0v) is 14.3. The second kappa shape index (κ2) is 6.09. The Labute approximate surface area is 143 Å². The highest BCUT2D eigenvalue weighted by atomic mass is 35.5. The molecule has 0 radical (unpaired) electrons. The molecular formula is C18H16ClN3O2.